The van der Waals surface area contributed by atoms with Crippen molar-refractivity contribution in [3.05, 3.63) is 89.5 Å². The van der Waals surface area contributed by atoms with Gasteiger partial charge in [0.2, 0.25) is 0 Å². The Kier molecular flexibility index (Phi) is 6.78. The first-order chi connectivity index (χ1) is 16.7. The van der Waals surface area contributed by atoms with E-state index in [9.17, 15) is 14.7 Å². The fourth-order valence-electron chi connectivity index (χ4n) is 4.39. The topological polar surface area (TPSA) is 84.7 Å². The number of aromatic nitrogens is 2. The number of methoxy groups -OCH3 is 1. The summed E-state index contributed by atoms with van der Waals surface area (Å²) in [7, 11) is 1.54. The third-order valence-corrected chi connectivity index (χ3v) is 6.35. The maximum Gasteiger partial charge on any atom is 0.295 e. The van der Waals surface area contributed by atoms with Crippen molar-refractivity contribution in [2.75, 3.05) is 13.7 Å². The van der Waals surface area contributed by atoms with E-state index in [1.807, 2.05) is 35.0 Å². The molecule has 1 saturated heterocycles. The lowest BCUT2D eigenvalue weighted by molar-refractivity contribution is -0.139. The van der Waals surface area contributed by atoms with Crippen molar-refractivity contribution >= 4 is 17.4 Å². The second kappa shape index (κ2) is 9.78. The number of hydrogen-bond acceptors (Lipinski definition) is 5. The van der Waals surface area contributed by atoms with Crippen LogP contribution in [-0.2, 0) is 21.5 Å². The molecular formula is C28H31N3O4. The second-order valence-electron chi connectivity index (χ2n) is 9.75. The molecule has 0 spiro atoms. The molecule has 7 heteroatoms. The summed E-state index contributed by atoms with van der Waals surface area (Å²) in [6, 6.07) is 14.1. The molecule has 1 fully saturated rings. The molecule has 0 saturated carbocycles. The standard InChI is InChI=1S/C28H31N3O4/c1-28(2,3)21-11-9-19(10-12-21)24-23(25(32)20-7-5-8-22(17-20)35-4)26(33)27(34)31(24)15-6-14-30-16-13-29-18-30/h5,7-13,16-18,24,32H,6,14-15H2,1-4H3/b25-23+. The number of aryl methyl sites for hydroxylation is 1. The SMILES string of the molecule is COc1cccc(/C(O)=C2\C(=O)C(=O)N(CCCn3ccnc3)C2c2ccc(C(C)(C)C)cc2)c1. The number of imidazole rings is 1. The minimum Gasteiger partial charge on any atom is -0.507 e. The molecule has 1 N–H and O–H groups in total. The van der Waals surface area contributed by atoms with E-state index in [0.29, 0.717) is 30.8 Å². The van der Waals surface area contributed by atoms with Crippen molar-refractivity contribution in [3.63, 3.8) is 0 Å². The average Bonchev–Trinajstić information content (AvgIpc) is 3.45. The lowest BCUT2D eigenvalue weighted by Gasteiger charge is -2.26. The van der Waals surface area contributed by atoms with Crippen LogP contribution in [0.4, 0.5) is 0 Å². The highest BCUT2D eigenvalue weighted by molar-refractivity contribution is 6.46. The van der Waals surface area contributed by atoms with Gasteiger partial charge in [-0.3, -0.25) is 9.59 Å². The van der Waals surface area contributed by atoms with E-state index in [1.54, 1.807) is 41.7 Å². The van der Waals surface area contributed by atoms with Crippen molar-refractivity contribution < 1.29 is 19.4 Å². The number of Topliss-reactive ketones (excluding diaryl/α,β-unsaturated/α-hetero) is 1. The predicted octanol–water partition coefficient (Wildman–Crippen LogP) is 4.70. The van der Waals surface area contributed by atoms with E-state index in [-0.39, 0.29) is 16.7 Å². The predicted molar refractivity (Wildman–Crippen MR) is 134 cm³/mol. The Balaban J connectivity index is 1.75. The summed E-state index contributed by atoms with van der Waals surface area (Å²) in [5, 5.41) is 11.2. The molecular weight excluding hydrogens is 442 g/mol. The summed E-state index contributed by atoms with van der Waals surface area (Å²) in [5.74, 6) is -0.943. The van der Waals surface area contributed by atoms with Crippen molar-refractivity contribution in [1.29, 1.82) is 0 Å². The summed E-state index contributed by atoms with van der Waals surface area (Å²) in [4.78, 5) is 32.0. The second-order valence-corrected chi connectivity index (χ2v) is 9.75. The molecule has 182 valence electrons. The largest absolute Gasteiger partial charge is 0.507 e. The molecule has 35 heavy (non-hydrogen) atoms. The van der Waals surface area contributed by atoms with Crippen LogP contribution in [0.25, 0.3) is 5.76 Å². The Labute approximate surface area is 205 Å². The van der Waals surface area contributed by atoms with Crippen molar-refractivity contribution in [3.8, 4) is 5.75 Å². The molecule has 0 aliphatic carbocycles. The van der Waals surface area contributed by atoms with Crippen LogP contribution in [-0.4, -0.2) is 44.9 Å². The van der Waals surface area contributed by atoms with Gasteiger partial charge < -0.3 is 19.3 Å². The number of rotatable bonds is 7. The maximum atomic E-state index is 13.2. The highest BCUT2D eigenvalue weighted by Crippen LogP contribution is 2.40. The quantitative estimate of drug-likeness (QED) is 0.305. The van der Waals surface area contributed by atoms with E-state index < -0.39 is 17.7 Å². The van der Waals surface area contributed by atoms with Gasteiger partial charge in [-0.2, -0.15) is 0 Å². The Bertz CT molecular complexity index is 1240. The van der Waals surface area contributed by atoms with Gasteiger partial charge in [-0.15, -0.1) is 0 Å². The number of hydrogen-bond donors (Lipinski definition) is 1. The van der Waals surface area contributed by atoms with E-state index in [1.165, 1.54) is 7.11 Å². The molecule has 3 aromatic rings. The summed E-state index contributed by atoms with van der Waals surface area (Å²) >= 11 is 0. The number of amides is 1. The summed E-state index contributed by atoms with van der Waals surface area (Å²) in [6.07, 6.45) is 5.93. The molecule has 4 rings (SSSR count). The molecule has 0 bridgehead atoms. The van der Waals surface area contributed by atoms with Crippen molar-refractivity contribution in [2.24, 2.45) is 0 Å². The number of ether oxygens (including phenoxy) is 1. The summed E-state index contributed by atoms with van der Waals surface area (Å²) in [6.45, 7) is 7.42. The van der Waals surface area contributed by atoms with Crippen LogP contribution < -0.4 is 4.74 Å². The van der Waals surface area contributed by atoms with Crippen molar-refractivity contribution in [1.82, 2.24) is 14.5 Å². The summed E-state index contributed by atoms with van der Waals surface area (Å²) < 4.78 is 7.21. The molecule has 1 amide bonds. The highest BCUT2D eigenvalue weighted by atomic mass is 16.5. The van der Waals surface area contributed by atoms with Gasteiger partial charge in [0.25, 0.3) is 11.7 Å². The highest BCUT2D eigenvalue weighted by Gasteiger charge is 2.45. The molecule has 1 aromatic heterocycles. The third-order valence-electron chi connectivity index (χ3n) is 6.35. The van der Waals surface area contributed by atoms with Crippen LogP contribution in [0.1, 0.15) is 49.9 Å². The van der Waals surface area contributed by atoms with Crippen LogP contribution in [0.5, 0.6) is 5.75 Å². The van der Waals surface area contributed by atoms with Crippen LogP contribution in [0.2, 0.25) is 0 Å². The van der Waals surface area contributed by atoms with Gasteiger partial charge in [-0.1, -0.05) is 57.2 Å². The van der Waals surface area contributed by atoms with E-state index in [0.717, 1.165) is 11.1 Å². The lowest BCUT2D eigenvalue weighted by Crippen LogP contribution is -2.31. The van der Waals surface area contributed by atoms with E-state index in [2.05, 4.69) is 25.8 Å². The molecule has 7 nitrogen and oxygen atoms in total. The fraction of sp³-hybridized carbons (Fsp3) is 0.321. The first kappa shape index (κ1) is 24.3. The number of ketones is 1. The summed E-state index contributed by atoms with van der Waals surface area (Å²) in [5.41, 5.74) is 2.41. The van der Waals surface area contributed by atoms with Crippen LogP contribution in [0, 0.1) is 0 Å². The first-order valence-corrected chi connectivity index (χ1v) is 11.7. The number of aliphatic hydroxyl groups is 1. The zero-order chi connectivity index (χ0) is 25.2. The fourth-order valence-corrected chi connectivity index (χ4v) is 4.39. The molecule has 2 heterocycles. The minimum atomic E-state index is -0.683. The van der Waals surface area contributed by atoms with E-state index in [4.69, 9.17) is 4.74 Å². The third kappa shape index (κ3) is 4.99. The zero-order valence-electron chi connectivity index (χ0n) is 20.6. The number of nitrogens with zero attached hydrogens (tertiary/aromatic N) is 3. The molecule has 2 aromatic carbocycles. The van der Waals surface area contributed by atoms with E-state index >= 15 is 0 Å². The monoisotopic (exact) mass is 473 g/mol. The van der Waals surface area contributed by atoms with Crippen molar-refractivity contribution in [2.45, 2.75) is 45.2 Å². The molecule has 0 radical (unpaired) electrons. The van der Waals surface area contributed by atoms with Crippen LogP contribution in [0.3, 0.4) is 0 Å². The molecule has 1 aliphatic rings. The number of aliphatic hydroxyl groups excluding tert-OH is 1. The van der Waals surface area contributed by atoms with Gasteiger partial charge in [0.15, 0.2) is 0 Å². The Morgan fingerprint density at radius 1 is 1.09 bits per heavy atom. The van der Waals surface area contributed by atoms with Crippen LogP contribution in [0.15, 0.2) is 72.8 Å². The van der Waals surface area contributed by atoms with Gasteiger partial charge in [-0.25, -0.2) is 4.98 Å². The molecule has 1 atom stereocenters. The maximum absolute atomic E-state index is 13.2. The molecule has 1 aliphatic heterocycles. The average molecular weight is 474 g/mol. The first-order valence-electron chi connectivity index (χ1n) is 11.7. The minimum absolute atomic E-state index is 0.0360. The van der Waals surface area contributed by atoms with Gasteiger partial charge in [0.1, 0.15) is 11.5 Å². The molecule has 1 unspecified atom stereocenters. The van der Waals surface area contributed by atoms with Gasteiger partial charge in [0.05, 0.1) is 25.1 Å². The lowest BCUT2D eigenvalue weighted by atomic mass is 9.85. The number of benzene rings is 2. The number of carbonyl (C=O) groups is 2. The van der Waals surface area contributed by atoms with Crippen LogP contribution >= 0.6 is 0 Å². The van der Waals surface area contributed by atoms with Gasteiger partial charge in [0, 0.05) is 31.0 Å². The Morgan fingerprint density at radius 3 is 2.46 bits per heavy atom. The normalized spacial score (nSPS) is 17.7. The Hall–Kier alpha value is -3.87. The Morgan fingerprint density at radius 2 is 1.83 bits per heavy atom. The zero-order valence-corrected chi connectivity index (χ0v) is 20.6. The smallest absolute Gasteiger partial charge is 0.295 e. The van der Waals surface area contributed by atoms with Gasteiger partial charge >= 0.3 is 0 Å². The number of likely N-dealkylation sites (tertiary alicyclic amines) is 1. The van der Waals surface area contributed by atoms with Gasteiger partial charge in [-0.05, 0) is 35.1 Å². The number of carbonyl (C=O) groups excluding carboxylic acids is 2.